The van der Waals surface area contributed by atoms with Gasteiger partial charge in [-0.3, -0.25) is 0 Å². The molecule has 0 bridgehead atoms. The summed E-state index contributed by atoms with van der Waals surface area (Å²) in [6.07, 6.45) is 0. The fourth-order valence-electron chi connectivity index (χ4n) is 0.803. The van der Waals surface area contributed by atoms with Crippen molar-refractivity contribution in [1.29, 1.82) is 0 Å². The van der Waals surface area contributed by atoms with Crippen LogP contribution in [0.3, 0.4) is 0 Å². The fourth-order valence-corrected chi connectivity index (χ4v) is 1.02. The summed E-state index contributed by atoms with van der Waals surface area (Å²) in [6, 6.07) is 3.77. The number of aryl methyl sites for hydroxylation is 2. The van der Waals surface area contributed by atoms with E-state index < -0.39 is 0 Å². The third-order valence-electron chi connectivity index (χ3n) is 1.55. The van der Waals surface area contributed by atoms with Crippen LogP contribution in [0.5, 0.6) is 0 Å². The lowest BCUT2D eigenvalue weighted by molar-refractivity contribution is 1.40. The number of halogens is 1. The van der Waals surface area contributed by atoms with Crippen molar-refractivity contribution in [1.82, 2.24) is 0 Å². The number of rotatable bonds is 0. The number of benzene rings is 1. The molecule has 0 unspecified atom stereocenters. The summed E-state index contributed by atoms with van der Waals surface area (Å²) in [6.45, 7) is 7.89. The maximum Gasteiger partial charge on any atom is 0.0439 e. The molecule has 1 rings (SSSR count). The van der Waals surface area contributed by atoms with Gasteiger partial charge in [0, 0.05) is 10.7 Å². The molecule has 2 heteroatoms. The highest BCUT2D eigenvalue weighted by molar-refractivity contribution is 6.31. The highest BCUT2D eigenvalue weighted by atomic mass is 35.5. The summed E-state index contributed by atoms with van der Waals surface area (Å²) in [5, 5.41) is 0.784. The molecule has 1 aromatic carbocycles. The van der Waals surface area contributed by atoms with Crippen molar-refractivity contribution < 1.29 is 0 Å². The van der Waals surface area contributed by atoms with Crippen LogP contribution in [0.25, 0.3) is 0 Å². The minimum absolute atomic E-state index is 0.784. The molecule has 0 fully saturated rings. The van der Waals surface area contributed by atoms with Crippen LogP contribution in [0.1, 0.15) is 25.0 Å². The second kappa shape index (κ2) is 5.04. The average Bonchev–Trinajstić information content (AvgIpc) is 2.05. The lowest BCUT2D eigenvalue weighted by Crippen LogP contribution is -1.90. The summed E-state index contributed by atoms with van der Waals surface area (Å²) in [4.78, 5) is 0. The molecule has 0 aliphatic carbocycles. The maximum atomic E-state index is 5.83. The first-order valence-electron chi connectivity index (χ1n) is 4.13. The Bertz CT molecular complexity index is 206. The molecule has 12 heavy (non-hydrogen) atoms. The smallest absolute Gasteiger partial charge is 0.0439 e. The first-order valence-corrected chi connectivity index (χ1v) is 4.51. The molecule has 0 radical (unpaired) electrons. The Morgan fingerprint density at radius 2 is 1.58 bits per heavy atom. The van der Waals surface area contributed by atoms with Gasteiger partial charge in [-0.1, -0.05) is 25.4 Å². The van der Waals surface area contributed by atoms with Crippen LogP contribution in [0.15, 0.2) is 12.1 Å². The molecule has 0 aliphatic heterocycles. The Kier molecular flexibility index (Phi) is 4.75. The predicted molar refractivity (Wildman–Crippen MR) is 56.7 cm³/mol. The van der Waals surface area contributed by atoms with Gasteiger partial charge in [-0.2, -0.15) is 0 Å². The first-order chi connectivity index (χ1) is 5.61. The second-order valence-electron chi connectivity index (χ2n) is 2.46. The lowest BCUT2D eigenvalue weighted by Gasteiger charge is -2.02. The van der Waals surface area contributed by atoms with Gasteiger partial charge in [-0.05, 0) is 37.1 Å². The molecule has 0 saturated carbocycles. The van der Waals surface area contributed by atoms with Gasteiger partial charge in [0.25, 0.3) is 0 Å². The topological polar surface area (TPSA) is 26.0 Å². The molecule has 1 aromatic rings. The summed E-state index contributed by atoms with van der Waals surface area (Å²) in [5.41, 5.74) is 8.51. The Morgan fingerprint density at radius 1 is 1.08 bits per heavy atom. The number of nitrogens with two attached hydrogens (primary N) is 1. The zero-order valence-electron chi connectivity index (χ0n) is 8.11. The van der Waals surface area contributed by atoms with Crippen molar-refractivity contribution in [2.45, 2.75) is 27.7 Å². The molecule has 2 N–H and O–H groups in total. The number of hydrogen-bond donors (Lipinski definition) is 1. The van der Waals surface area contributed by atoms with E-state index in [1.54, 1.807) is 0 Å². The van der Waals surface area contributed by atoms with E-state index in [1.165, 1.54) is 0 Å². The monoisotopic (exact) mass is 185 g/mol. The number of nitrogen functional groups attached to an aromatic ring is 1. The van der Waals surface area contributed by atoms with Gasteiger partial charge in [0.05, 0.1) is 0 Å². The number of hydrogen-bond acceptors (Lipinski definition) is 1. The zero-order valence-corrected chi connectivity index (χ0v) is 8.87. The van der Waals surface area contributed by atoms with Gasteiger partial charge in [-0.25, -0.2) is 0 Å². The van der Waals surface area contributed by atoms with Crippen LogP contribution < -0.4 is 5.73 Å². The van der Waals surface area contributed by atoms with E-state index in [0.29, 0.717) is 0 Å². The van der Waals surface area contributed by atoms with Gasteiger partial charge in [0.2, 0.25) is 0 Å². The number of anilines is 1. The molecule has 0 atom stereocenters. The van der Waals surface area contributed by atoms with Crippen molar-refractivity contribution in [2.75, 3.05) is 5.73 Å². The maximum absolute atomic E-state index is 5.83. The van der Waals surface area contributed by atoms with E-state index >= 15 is 0 Å². The van der Waals surface area contributed by atoms with Crippen LogP contribution in [0.4, 0.5) is 5.69 Å². The zero-order chi connectivity index (χ0) is 9.72. The second-order valence-corrected chi connectivity index (χ2v) is 2.87. The van der Waals surface area contributed by atoms with Gasteiger partial charge in [0.1, 0.15) is 0 Å². The molecular weight excluding hydrogens is 170 g/mol. The third-order valence-corrected chi connectivity index (χ3v) is 1.95. The molecule has 68 valence electrons. The van der Waals surface area contributed by atoms with Gasteiger partial charge in [0.15, 0.2) is 0 Å². The quantitative estimate of drug-likeness (QED) is 0.615. The third kappa shape index (κ3) is 2.74. The van der Waals surface area contributed by atoms with Crippen LogP contribution in [0.2, 0.25) is 5.02 Å². The summed E-state index contributed by atoms with van der Waals surface area (Å²) in [7, 11) is 0. The lowest BCUT2D eigenvalue weighted by atomic mass is 10.1. The van der Waals surface area contributed by atoms with Gasteiger partial charge < -0.3 is 5.73 Å². The van der Waals surface area contributed by atoms with E-state index in [2.05, 4.69) is 0 Å². The molecule has 0 heterocycles. The van der Waals surface area contributed by atoms with Gasteiger partial charge >= 0.3 is 0 Å². The van der Waals surface area contributed by atoms with E-state index in [0.717, 1.165) is 21.8 Å². The largest absolute Gasteiger partial charge is 0.399 e. The highest BCUT2D eigenvalue weighted by Gasteiger charge is 1.97. The molecule has 1 nitrogen and oxygen atoms in total. The fraction of sp³-hybridized carbons (Fsp3) is 0.400. The predicted octanol–water partition coefficient (Wildman–Crippen LogP) is 3.57. The SMILES string of the molecule is CC.Cc1cc(Cl)c(C)cc1N. The molecule has 0 saturated heterocycles. The van der Waals surface area contributed by atoms with E-state index in [9.17, 15) is 0 Å². The minimum Gasteiger partial charge on any atom is -0.399 e. The normalized spacial score (nSPS) is 8.75. The Balaban J connectivity index is 0.000000561. The molecule has 0 spiro atoms. The highest BCUT2D eigenvalue weighted by Crippen LogP contribution is 2.21. The van der Waals surface area contributed by atoms with Crippen molar-refractivity contribution in [2.24, 2.45) is 0 Å². The Morgan fingerprint density at radius 3 is 2.00 bits per heavy atom. The molecule has 0 aliphatic rings. The molecule has 0 aromatic heterocycles. The average molecular weight is 186 g/mol. The van der Waals surface area contributed by atoms with Crippen molar-refractivity contribution in [3.8, 4) is 0 Å². The minimum atomic E-state index is 0.784. The van der Waals surface area contributed by atoms with Crippen LogP contribution in [-0.2, 0) is 0 Å². The van der Waals surface area contributed by atoms with Crippen LogP contribution >= 0.6 is 11.6 Å². The standard InChI is InChI=1S/C8H10ClN.C2H6/c1-5-4-8(10)6(2)3-7(5)9;1-2/h3-4H,10H2,1-2H3;1-2H3. The van der Waals surface area contributed by atoms with E-state index in [4.69, 9.17) is 17.3 Å². The Labute approximate surface area is 79.5 Å². The summed E-state index contributed by atoms with van der Waals surface area (Å²) >= 11 is 5.83. The Hall–Kier alpha value is -0.690. The van der Waals surface area contributed by atoms with Crippen molar-refractivity contribution in [3.05, 3.63) is 28.3 Å². The van der Waals surface area contributed by atoms with Gasteiger partial charge in [-0.15, -0.1) is 0 Å². The summed E-state index contributed by atoms with van der Waals surface area (Å²) < 4.78 is 0. The van der Waals surface area contributed by atoms with Crippen molar-refractivity contribution in [3.63, 3.8) is 0 Å². The van der Waals surface area contributed by atoms with E-state index in [1.807, 2.05) is 39.8 Å². The van der Waals surface area contributed by atoms with E-state index in [-0.39, 0.29) is 0 Å². The van der Waals surface area contributed by atoms with Crippen LogP contribution in [0, 0.1) is 13.8 Å². The van der Waals surface area contributed by atoms with Crippen molar-refractivity contribution >= 4 is 17.3 Å². The van der Waals surface area contributed by atoms with Crippen LogP contribution in [-0.4, -0.2) is 0 Å². The summed E-state index contributed by atoms with van der Waals surface area (Å²) in [5.74, 6) is 0. The molecular formula is C10H16ClN. The molecule has 0 amide bonds. The first kappa shape index (κ1) is 11.3.